The Balaban J connectivity index is 1.89. The highest BCUT2D eigenvalue weighted by Gasteiger charge is 2.38. The van der Waals surface area contributed by atoms with E-state index < -0.39 is 23.6 Å². The highest BCUT2D eigenvalue weighted by molar-refractivity contribution is 6.14. The number of fused-ring (bicyclic) bond motifs is 1. The molecule has 3 aromatic rings. The normalized spacial score (nSPS) is 15.1. The molecule has 2 aromatic carbocycles. The predicted molar refractivity (Wildman–Crippen MR) is 107 cm³/mol. The van der Waals surface area contributed by atoms with Gasteiger partial charge in [0.25, 0.3) is 0 Å². The van der Waals surface area contributed by atoms with Crippen LogP contribution in [0.3, 0.4) is 0 Å². The number of ketones is 1. The number of anilines is 1. The van der Waals surface area contributed by atoms with Crippen molar-refractivity contribution < 1.29 is 23.5 Å². The van der Waals surface area contributed by atoms with E-state index in [9.17, 15) is 14.0 Å². The molecule has 0 bridgehead atoms. The molecule has 1 atom stereocenters. The summed E-state index contributed by atoms with van der Waals surface area (Å²) in [5, 5.41) is 14.2. The standard InChI is InChI=1S/C21H18FN5O4/c1-3-31-15-9-7-12(8-10-15)19(28)16-17(20(29)30-2)23-21-24-25-26-27(21)18(16)13-5-4-6-14(22)11-13/h4-11,18H,3H2,1-2H3,(H,23,24,26)/t18-/m0/s1. The summed E-state index contributed by atoms with van der Waals surface area (Å²) in [5.74, 6) is -1.01. The van der Waals surface area contributed by atoms with E-state index >= 15 is 0 Å². The molecule has 0 amide bonds. The van der Waals surface area contributed by atoms with Crippen molar-refractivity contribution in [3.8, 4) is 5.75 Å². The van der Waals surface area contributed by atoms with E-state index in [-0.39, 0.29) is 17.2 Å². The van der Waals surface area contributed by atoms with Crippen LogP contribution in [0.2, 0.25) is 0 Å². The second-order valence-electron chi connectivity index (χ2n) is 6.60. The zero-order valence-electron chi connectivity index (χ0n) is 16.7. The number of ether oxygens (including phenoxy) is 2. The number of carbonyl (C=O) groups is 2. The molecule has 0 spiro atoms. The molecule has 31 heavy (non-hydrogen) atoms. The molecule has 1 N–H and O–H groups in total. The van der Waals surface area contributed by atoms with Gasteiger partial charge in [0.2, 0.25) is 5.95 Å². The second kappa shape index (κ2) is 8.34. The number of Topliss-reactive ketones (excluding diaryl/α,β-unsaturated/α-hetero) is 1. The van der Waals surface area contributed by atoms with Crippen molar-refractivity contribution in [1.29, 1.82) is 0 Å². The third-order valence-corrected chi connectivity index (χ3v) is 4.74. The maximum Gasteiger partial charge on any atom is 0.355 e. The topological polar surface area (TPSA) is 108 Å². The molecular formula is C21H18FN5O4. The van der Waals surface area contributed by atoms with Gasteiger partial charge in [0.05, 0.1) is 19.3 Å². The summed E-state index contributed by atoms with van der Waals surface area (Å²) < 4.78 is 25.6. The van der Waals surface area contributed by atoms with E-state index in [4.69, 9.17) is 9.47 Å². The van der Waals surface area contributed by atoms with Crippen molar-refractivity contribution in [2.24, 2.45) is 0 Å². The molecule has 1 aromatic heterocycles. The summed E-state index contributed by atoms with van der Waals surface area (Å²) in [5.41, 5.74) is 0.615. The molecule has 9 nitrogen and oxygen atoms in total. The Morgan fingerprint density at radius 1 is 1.19 bits per heavy atom. The number of nitrogens with one attached hydrogen (secondary N) is 1. The van der Waals surface area contributed by atoms with E-state index in [0.29, 0.717) is 23.5 Å². The van der Waals surface area contributed by atoms with Gasteiger partial charge in [-0.25, -0.2) is 9.18 Å². The van der Waals surface area contributed by atoms with Crippen LogP contribution < -0.4 is 10.1 Å². The van der Waals surface area contributed by atoms with Crippen molar-refractivity contribution in [3.63, 3.8) is 0 Å². The van der Waals surface area contributed by atoms with Crippen LogP contribution in [-0.4, -0.2) is 45.7 Å². The average molecular weight is 423 g/mol. The Labute approximate surface area is 176 Å². The average Bonchev–Trinajstić information content (AvgIpc) is 3.26. The Kier molecular flexibility index (Phi) is 5.44. The van der Waals surface area contributed by atoms with E-state index in [2.05, 4.69) is 20.8 Å². The number of nitrogens with zero attached hydrogens (tertiary/aromatic N) is 4. The molecule has 0 aliphatic carbocycles. The molecule has 4 rings (SSSR count). The fraction of sp³-hybridized carbons (Fsp3) is 0.190. The van der Waals surface area contributed by atoms with Gasteiger partial charge in [-0.05, 0) is 59.3 Å². The zero-order chi connectivity index (χ0) is 22.0. The van der Waals surface area contributed by atoms with E-state index in [1.165, 1.54) is 30.0 Å². The summed E-state index contributed by atoms with van der Waals surface area (Å²) in [6, 6.07) is 11.2. The summed E-state index contributed by atoms with van der Waals surface area (Å²) in [4.78, 5) is 26.1. The fourth-order valence-corrected chi connectivity index (χ4v) is 3.40. The Hall–Kier alpha value is -4.08. The lowest BCUT2D eigenvalue weighted by atomic mass is 9.89. The van der Waals surface area contributed by atoms with Gasteiger partial charge in [-0.1, -0.05) is 17.2 Å². The Morgan fingerprint density at radius 2 is 1.97 bits per heavy atom. The van der Waals surface area contributed by atoms with Crippen molar-refractivity contribution in [3.05, 3.63) is 76.7 Å². The van der Waals surface area contributed by atoms with Crippen LogP contribution in [-0.2, 0) is 9.53 Å². The van der Waals surface area contributed by atoms with Crippen LogP contribution in [0.4, 0.5) is 10.3 Å². The number of rotatable bonds is 6. The second-order valence-corrected chi connectivity index (χ2v) is 6.60. The van der Waals surface area contributed by atoms with Gasteiger partial charge in [0.15, 0.2) is 5.78 Å². The molecule has 0 saturated carbocycles. The minimum absolute atomic E-state index is 0.0291. The van der Waals surface area contributed by atoms with E-state index in [1.54, 1.807) is 30.3 Å². The van der Waals surface area contributed by atoms with Gasteiger partial charge in [-0.3, -0.25) is 4.79 Å². The van der Waals surface area contributed by atoms with Gasteiger partial charge in [0, 0.05) is 5.56 Å². The monoisotopic (exact) mass is 423 g/mol. The molecule has 10 heteroatoms. The molecular weight excluding hydrogens is 405 g/mol. The smallest absolute Gasteiger partial charge is 0.355 e. The van der Waals surface area contributed by atoms with Crippen molar-refractivity contribution in [2.75, 3.05) is 19.0 Å². The van der Waals surface area contributed by atoms with Crippen LogP contribution in [0.5, 0.6) is 5.75 Å². The molecule has 158 valence electrons. The number of esters is 1. The largest absolute Gasteiger partial charge is 0.494 e. The quantitative estimate of drug-likeness (QED) is 0.476. The Morgan fingerprint density at radius 3 is 2.65 bits per heavy atom. The van der Waals surface area contributed by atoms with Gasteiger partial charge >= 0.3 is 5.97 Å². The van der Waals surface area contributed by atoms with Crippen molar-refractivity contribution in [2.45, 2.75) is 13.0 Å². The van der Waals surface area contributed by atoms with Gasteiger partial charge in [-0.2, -0.15) is 4.68 Å². The molecule has 0 radical (unpaired) electrons. The van der Waals surface area contributed by atoms with Crippen molar-refractivity contribution in [1.82, 2.24) is 20.2 Å². The number of benzene rings is 2. The minimum atomic E-state index is -0.949. The van der Waals surface area contributed by atoms with Crippen LogP contribution in [0.25, 0.3) is 0 Å². The lowest BCUT2D eigenvalue weighted by Gasteiger charge is -2.28. The molecule has 0 saturated heterocycles. The van der Waals surface area contributed by atoms with Gasteiger partial charge in [0.1, 0.15) is 23.3 Å². The summed E-state index contributed by atoms with van der Waals surface area (Å²) in [6.07, 6.45) is 0. The van der Waals surface area contributed by atoms with Crippen molar-refractivity contribution >= 4 is 17.7 Å². The number of hydrogen-bond donors (Lipinski definition) is 1. The SMILES string of the molecule is CCOc1ccc(C(=O)C2=C(C(=O)OC)Nc3nnnn3[C@H]2c2cccc(F)c2)cc1. The number of aromatic nitrogens is 4. The third-order valence-electron chi connectivity index (χ3n) is 4.74. The lowest BCUT2D eigenvalue weighted by molar-refractivity contribution is -0.136. The number of carbonyl (C=O) groups excluding carboxylic acids is 2. The first-order valence-corrected chi connectivity index (χ1v) is 9.44. The summed E-state index contributed by atoms with van der Waals surface area (Å²) in [7, 11) is 1.20. The number of tetrazole rings is 1. The third kappa shape index (κ3) is 3.75. The number of allylic oxidation sites excluding steroid dienone is 1. The molecule has 0 fully saturated rings. The maximum atomic E-state index is 14.0. The Bertz CT molecular complexity index is 1170. The minimum Gasteiger partial charge on any atom is -0.494 e. The van der Waals surface area contributed by atoms with Crippen LogP contribution in [0, 0.1) is 5.82 Å². The first-order chi connectivity index (χ1) is 15.0. The molecule has 1 aliphatic rings. The van der Waals surface area contributed by atoms with Gasteiger partial charge < -0.3 is 14.8 Å². The van der Waals surface area contributed by atoms with E-state index in [1.807, 2.05) is 6.92 Å². The fourth-order valence-electron chi connectivity index (χ4n) is 3.40. The van der Waals surface area contributed by atoms with Crippen LogP contribution in [0.15, 0.2) is 59.8 Å². The summed E-state index contributed by atoms with van der Waals surface area (Å²) >= 11 is 0. The molecule has 2 heterocycles. The number of halogens is 1. The zero-order valence-corrected chi connectivity index (χ0v) is 16.7. The maximum absolute atomic E-state index is 14.0. The van der Waals surface area contributed by atoms with E-state index in [0.717, 1.165) is 0 Å². The first kappa shape index (κ1) is 20.2. The first-order valence-electron chi connectivity index (χ1n) is 9.44. The molecule has 0 unspecified atom stereocenters. The molecule has 1 aliphatic heterocycles. The highest BCUT2D eigenvalue weighted by atomic mass is 19.1. The van der Waals surface area contributed by atoms with Crippen LogP contribution >= 0.6 is 0 Å². The number of hydrogen-bond acceptors (Lipinski definition) is 8. The summed E-state index contributed by atoms with van der Waals surface area (Å²) in [6.45, 7) is 2.34. The predicted octanol–water partition coefficient (Wildman–Crippen LogP) is 2.54. The highest BCUT2D eigenvalue weighted by Crippen LogP contribution is 2.37. The van der Waals surface area contributed by atoms with Gasteiger partial charge in [-0.15, -0.1) is 0 Å². The van der Waals surface area contributed by atoms with Crippen LogP contribution in [0.1, 0.15) is 28.9 Å². The lowest BCUT2D eigenvalue weighted by Crippen LogP contribution is -2.33. The number of methoxy groups -OCH3 is 1.